The standard InChI is InChI=1S/C13H24N4/c1-14-11-12-10-13(6-7-15-12)17(4)9-5-8-16(2)3/h6-7,10,14H,5,8-9,11H2,1-4H3. The Labute approximate surface area is 105 Å². The van der Waals surface area contributed by atoms with Crippen molar-refractivity contribution in [3.05, 3.63) is 24.0 Å². The molecule has 0 aliphatic heterocycles. The second-order valence-electron chi connectivity index (χ2n) is 4.61. The minimum absolute atomic E-state index is 0.819. The molecule has 1 heterocycles. The summed E-state index contributed by atoms with van der Waals surface area (Å²) < 4.78 is 0. The van der Waals surface area contributed by atoms with Gasteiger partial charge in [-0.25, -0.2) is 0 Å². The fourth-order valence-corrected chi connectivity index (χ4v) is 1.73. The van der Waals surface area contributed by atoms with Crippen molar-refractivity contribution >= 4 is 5.69 Å². The number of hydrogen-bond acceptors (Lipinski definition) is 4. The van der Waals surface area contributed by atoms with Gasteiger partial charge in [0.15, 0.2) is 0 Å². The van der Waals surface area contributed by atoms with Crippen LogP contribution in [-0.4, -0.2) is 51.2 Å². The highest BCUT2D eigenvalue weighted by molar-refractivity contribution is 5.45. The third kappa shape index (κ3) is 5.15. The molecule has 4 nitrogen and oxygen atoms in total. The molecule has 96 valence electrons. The molecule has 17 heavy (non-hydrogen) atoms. The molecule has 0 aliphatic carbocycles. The van der Waals surface area contributed by atoms with E-state index in [1.54, 1.807) is 0 Å². The number of hydrogen-bond donors (Lipinski definition) is 1. The van der Waals surface area contributed by atoms with Crippen LogP contribution in [0, 0.1) is 0 Å². The van der Waals surface area contributed by atoms with E-state index in [-0.39, 0.29) is 0 Å². The molecule has 0 amide bonds. The summed E-state index contributed by atoms with van der Waals surface area (Å²) in [6.45, 7) is 3.01. The number of nitrogens with zero attached hydrogens (tertiary/aromatic N) is 3. The highest BCUT2D eigenvalue weighted by Gasteiger charge is 2.02. The number of anilines is 1. The van der Waals surface area contributed by atoms with Gasteiger partial charge in [-0.15, -0.1) is 0 Å². The summed E-state index contributed by atoms with van der Waals surface area (Å²) in [5.41, 5.74) is 2.33. The number of rotatable bonds is 7. The molecule has 0 atom stereocenters. The summed E-state index contributed by atoms with van der Waals surface area (Å²) in [6, 6.07) is 4.21. The zero-order valence-corrected chi connectivity index (χ0v) is 11.4. The third-order valence-electron chi connectivity index (χ3n) is 2.70. The molecule has 0 bridgehead atoms. The first kappa shape index (κ1) is 13.9. The zero-order valence-electron chi connectivity index (χ0n) is 11.4. The second-order valence-corrected chi connectivity index (χ2v) is 4.61. The lowest BCUT2D eigenvalue weighted by molar-refractivity contribution is 0.401. The van der Waals surface area contributed by atoms with Crippen LogP contribution in [0.4, 0.5) is 5.69 Å². The maximum absolute atomic E-state index is 4.32. The van der Waals surface area contributed by atoms with Gasteiger partial charge < -0.3 is 15.1 Å². The third-order valence-corrected chi connectivity index (χ3v) is 2.70. The van der Waals surface area contributed by atoms with Crippen LogP contribution in [0.25, 0.3) is 0 Å². The van der Waals surface area contributed by atoms with Crippen LogP contribution in [0.3, 0.4) is 0 Å². The molecular weight excluding hydrogens is 212 g/mol. The molecule has 1 aromatic rings. The lowest BCUT2D eigenvalue weighted by Gasteiger charge is -2.20. The molecule has 1 rings (SSSR count). The minimum Gasteiger partial charge on any atom is -0.374 e. The molecule has 0 spiro atoms. The molecule has 0 fully saturated rings. The predicted octanol–water partition coefficient (Wildman–Crippen LogP) is 1.19. The van der Waals surface area contributed by atoms with Crippen LogP contribution in [0.1, 0.15) is 12.1 Å². The van der Waals surface area contributed by atoms with Crippen LogP contribution >= 0.6 is 0 Å². The van der Waals surface area contributed by atoms with Crippen LogP contribution in [0.2, 0.25) is 0 Å². The molecule has 0 saturated carbocycles. The van der Waals surface area contributed by atoms with E-state index in [1.165, 1.54) is 12.1 Å². The number of aromatic nitrogens is 1. The lowest BCUT2D eigenvalue weighted by atomic mass is 10.2. The van der Waals surface area contributed by atoms with E-state index >= 15 is 0 Å². The van der Waals surface area contributed by atoms with Crippen molar-refractivity contribution in [3.8, 4) is 0 Å². The predicted molar refractivity (Wildman–Crippen MR) is 73.4 cm³/mol. The summed E-state index contributed by atoms with van der Waals surface area (Å²) in [4.78, 5) is 8.82. The van der Waals surface area contributed by atoms with Crippen molar-refractivity contribution in [3.63, 3.8) is 0 Å². The largest absolute Gasteiger partial charge is 0.374 e. The monoisotopic (exact) mass is 236 g/mol. The highest BCUT2D eigenvalue weighted by Crippen LogP contribution is 2.13. The van der Waals surface area contributed by atoms with Gasteiger partial charge in [0.05, 0.1) is 5.69 Å². The normalized spacial score (nSPS) is 10.9. The van der Waals surface area contributed by atoms with Crippen LogP contribution in [0.15, 0.2) is 18.3 Å². The molecule has 0 radical (unpaired) electrons. The maximum atomic E-state index is 4.32. The Bertz CT molecular complexity index is 325. The Morgan fingerprint density at radius 2 is 2.00 bits per heavy atom. The number of nitrogens with one attached hydrogen (secondary N) is 1. The SMILES string of the molecule is CNCc1cc(N(C)CCCN(C)C)ccn1. The van der Waals surface area contributed by atoms with Gasteiger partial charge >= 0.3 is 0 Å². The molecule has 0 unspecified atom stereocenters. The molecule has 4 heteroatoms. The Balaban J connectivity index is 2.50. The lowest BCUT2D eigenvalue weighted by Crippen LogP contribution is -2.23. The summed E-state index contributed by atoms with van der Waals surface area (Å²) in [7, 11) is 8.29. The van der Waals surface area contributed by atoms with Crippen molar-refractivity contribution in [2.45, 2.75) is 13.0 Å². The Kier molecular flexibility index (Phi) is 5.94. The van der Waals surface area contributed by atoms with Crippen molar-refractivity contribution < 1.29 is 0 Å². The number of pyridine rings is 1. The first-order valence-corrected chi connectivity index (χ1v) is 6.09. The van der Waals surface area contributed by atoms with E-state index in [0.29, 0.717) is 0 Å². The van der Waals surface area contributed by atoms with Crippen LogP contribution in [-0.2, 0) is 6.54 Å². The van der Waals surface area contributed by atoms with E-state index in [1.807, 2.05) is 13.2 Å². The van der Waals surface area contributed by atoms with Gasteiger partial charge in [-0.1, -0.05) is 0 Å². The molecule has 1 aromatic heterocycles. The van der Waals surface area contributed by atoms with Gasteiger partial charge in [0.2, 0.25) is 0 Å². The van der Waals surface area contributed by atoms with Crippen LogP contribution in [0.5, 0.6) is 0 Å². The average molecular weight is 236 g/mol. The van der Waals surface area contributed by atoms with Crippen molar-refractivity contribution in [1.29, 1.82) is 0 Å². The summed E-state index contributed by atoms with van der Waals surface area (Å²) in [5.74, 6) is 0. The summed E-state index contributed by atoms with van der Waals surface area (Å²) in [5, 5.41) is 3.12. The zero-order chi connectivity index (χ0) is 12.7. The fraction of sp³-hybridized carbons (Fsp3) is 0.615. The molecule has 0 saturated heterocycles. The van der Waals surface area contributed by atoms with E-state index in [4.69, 9.17) is 0 Å². The minimum atomic E-state index is 0.819. The molecule has 0 aromatic carbocycles. The molecule has 0 aliphatic rings. The van der Waals surface area contributed by atoms with E-state index in [2.05, 4.69) is 53.4 Å². The van der Waals surface area contributed by atoms with Gasteiger partial charge in [-0.3, -0.25) is 4.98 Å². The van der Waals surface area contributed by atoms with E-state index in [0.717, 1.165) is 25.3 Å². The Morgan fingerprint density at radius 3 is 2.65 bits per heavy atom. The first-order chi connectivity index (χ1) is 8.13. The average Bonchev–Trinajstić information content (AvgIpc) is 2.29. The van der Waals surface area contributed by atoms with Gasteiger partial charge in [-0.05, 0) is 46.2 Å². The van der Waals surface area contributed by atoms with Crippen molar-refractivity contribution in [1.82, 2.24) is 15.2 Å². The molecule has 1 N–H and O–H groups in total. The highest BCUT2D eigenvalue weighted by atomic mass is 15.1. The van der Waals surface area contributed by atoms with Crippen LogP contribution < -0.4 is 10.2 Å². The Morgan fingerprint density at radius 1 is 1.24 bits per heavy atom. The topological polar surface area (TPSA) is 31.4 Å². The molecular formula is C13H24N4. The van der Waals surface area contributed by atoms with E-state index < -0.39 is 0 Å². The van der Waals surface area contributed by atoms with Crippen molar-refractivity contribution in [2.75, 3.05) is 46.2 Å². The summed E-state index contributed by atoms with van der Waals surface area (Å²) in [6.07, 6.45) is 3.05. The smallest absolute Gasteiger partial charge is 0.0562 e. The first-order valence-electron chi connectivity index (χ1n) is 6.09. The van der Waals surface area contributed by atoms with Crippen molar-refractivity contribution in [2.24, 2.45) is 0 Å². The van der Waals surface area contributed by atoms with Gasteiger partial charge in [0.1, 0.15) is 0 Å². The van der Waals surface area contributed by atoms with Gasteiger partial charge in [0.25, 0.3) is 0 Å². The van der Waals surface area contributed by atoms with Gasteiger partial charge in [0, 0.05) is 32.0 Å². The quantitative estimate of drug-likeness (QED) is 0.770. The fourth-order valence-electron chi connectivity index (χ4n) is 1.73. The summed E-state index contributed by atoms with van der Waals surface area (Å²) >= 11 is 0. The Hall–Kier alpha value is -1.13. The van der Waals surface area contributed by atoms with Gasteiger partial charge in [-0.2, -0.15) is 0 Å². The van der Waals surface area contributed by atoms with E-state index in [9.17, 15) is 0 Å². The second kappa shape index (κ2) is 7.25. The maximum Gasteiger partial charge on any atom is 0.0562 e.